The average Bonchev–Trinajstić information content (AvgIpc) is 2.35. The van der Waals surface area contributed by atoms with Crippen molar-refractivity contribution in [1.82, 2.24) is 5.32 Å². The number of benzene rings is 1. The molecule has 3 heteroatoms. The van der Waals surface area contributed by atoms with E-state index in [4.69, 9.17) is 11.6 Å². The summed E-state index contributed by atoms with van der Waals surface area (Å²) < 4.78 is 0. The summed E-state index contributed by atoms with van der Waals surface area (Å²) in [6, 6.07) is 8.22. The fraction of sp³-hybridized carbons (Fsp3) is 0.571. The van der Waals surface area contributed by atoms with Gasteiger partial charge in [0.2, 0.25) is 0 Å². The van der Waals surface area contributed by atoms with Crippen molar-refractivity contribution in [2.24, 2.45) is 0 Å². The van der Waals surface area contributed by atoms with E-state index < -0.39 is 0 Å². The molecule has 1 nitrogen and oxygen atoms in total. The summed E-state index contributed by atoms with van der Waals surface area (Å²) in [4.78, 5) is 0. The minimum Gasteiger partial charge on any atom is -0.316 e. The number of hydrogen-bond acceptors (Lipinski definition) is 2. The molecule has 1 N–H and O–H groups in total. The van der Waals surface area contributed by atoms with Gasteiger partial charge in [0.05, 0.1) is 0 Å². The van der Waals surface area contributed by atoms with Crippen LogP contribution in [0.2, 0.25) is 5.02 Å². The molecule has 0 radical (unpaired) electrons. The monoisotopic (exact) mass is 271 g/mol. The molecule has 17 heavy (non-hydrogen) atoms. The molecule has 1 aromatic carbocycles. The zero-order valence-electron chi connectivity index (χ0n) is 10.7. The van der Waals surface area contributed by atoms with E-state index in [9.17, 15) is 0 Å². The Labute approximate surface area is 114 Å². The summed E-state index contributed by atoms with van der Waals surface area (Å²) in [5, 5.41) is 4.33. The molecule has 0 aliphatic carbocycles. The van der Waals surface area contributed by atoms with Crippen LogP contribution in [0.1, 0.15) is 31.7 Å². The predicted octanol–water partition coefficient (Wildman–Crippen LogP) is 4.18. The largest absolute Gasteiger partial charge is 0.316 e. The molecule has 1 unspecified atom stereocenters. The van der Waals surface area contributed by atoms with Gasteiger partial charge in [0.25, 0.3) is 0 Å². The smallest absolute Gasteiger partial charge is 0.0441 e. The fourth-order valence-electron chi connectivity index (χ4n) is 1.86. The Morgan fingerprint density at radius 1 is 1.29 bits per heavy atom. The molecule has 0 aliphatic rings. The Balaban J connectivity index is 2.64. The second-order valence-electron chi connectivity index (χ2n) is 4.01. The van der Waals surface area contributed by atoms with E-state index in [2.05, 4.69) is 31.3 Å². The molecule has 0 saturated carbocycles. The third-order valence-electron chi connectivity index (χ3n) is 2.80. The normalized spacial score (nSPS) is 12.6. The molecule has 0 saturated heterocycles. The highest BCUT2D eigenvalue weighted by Crippen LogP contribution is 2.27. The van der Waals surface area contributed by atoms with E-state index >= 15 is 0 Å². The van der Waals surface area contributed by atoms with Crippen molar-refractivity contribution < 1.29 is 0 Å². The molecule has 0 fully saturated rings. The zero-order valence-corrected chi connectivity index (χ0v) is 12.3. The number of likely N-dealkylation sites (N-methyl/N-ethyl adjacent to an activating group) is 1. The lowest BCUT2D eigenvalue weighted by Gasteiger charge is -2.18. The lowest BCUT2D eigenvalue weighted by molar-refractivity contribution is 0.587. The first-order valence-corrected chi connectivity index (χ1v) is 7.85. The maximum atomic E-state index is 6.28. The van der Waals surface area contributed by atoms with Crippen molar-refractivity contribution in [2.75, 3.05) is 24.6 Å². The first-order chi connectivity index (χ1) is 8.29. The summed E-state index contributed by atoms with van der Waals surface area (Å²) in [5.74, 6) is 2.93. The van der Waals surface area contributed by atoms with Gasteiger partial charge in [0.1, 0.15) is 0 Å². The van der Waals surface area contributed by atoms with Crippen LogP contribution < -0.4 is 5.32 Å². The van der Waals surface area contributed by atoms with E-state index in [-0.39, 0.29) is 0 Å². The Morgan fingerprint density at radius 2 is 2.06 bits per heavy atom. The lowest BCUT2D eigenvalue weighted by Crippen LogP contribution is -2.22. The van der Waals surface area contributed by atoms with Gasteiger partial charge in [0.15, 0.2) is 0 Å². The van der Waals surface area contributed by atoms with Gasteiger partial charge in [-0.2, -0.15) is 11.8 Å². The van der Waals surface area contributed by atoms with E-state index in [0.717, 1.165) is 18.1 Å². The van der Waals surface area contributed by atoms with Gasteiger partial charge in [-0.25, -0.2) is 0 Å². The van der Waals surface area contributed by atoms with Crippen LogP contribution in [0.15, 0.2) is 24.3 Å². The highest BCUT2D eigenvalue weighted by atomic mass is 35.5. The maximum absolute atomic E-state index is 6.28. The quantitative estimate of drug-likeness (QED) is 0.712. The average molecular weight is 272 g/mol. The van der Waals surface area contributed by atoms with Crippen molar-refractivity contribution in [3.63, 3.8) is 0 Å². The molecule has 0 spiro atoms. The summed E-state index contributed by atoms with van der Waals surface area (Å²) in [6.07, 6.45) is 1.19. The van der Waals surface area contributed by atoms with E-state index in [1.54, 1.807) is 0 Å². The number of nitrogens with one attached hydrogen (secondary N) is 1. The van der Waals surface area contributed by atoms with E-state index in [1.807, 2.05) is 23.9 Å². The van der Waals surface area contributed by atoms with Gasteiger partial charge in [-0.3, -0.25) is 0 Å². The molecule has 0 amide bonds. The second kappa shape index (κ2) is 8.84. The van der Waals surface area contributed by atoms with E-state index in [0.29, 0.717) is 5.92 Å². The molecule has 1 aromatic rings. The van der Waals surface area contributed by atoms with Gasteiger partial charge in [-0.05, 0) is 42.0 Å². The third-order valence-corrected chi connectivity index (χ3v) is 4.08. The summed E-state index contributed by atoms with van der Waals surface area (Å²) in [5.41, 5.74) is 1.28. The van der Waals surface area contributed by atoms with Crippen LogP contribution in [0.3, 0.4) is 0 Å². The van der Waals surface area contributed by atoms with Crippen LogP contribution in [-0.2, 0) is 0 Å². The molecule has 0 heterocycles. The molecule has 1 atom stereocenters. The number of halogens is 1. The molecule has 96 valence electrons. The Hall–Kier alpha value is -0.180. The number of thioether (sulfide) groups is 1. The summed E-state index contributed by atoms with van der Waals surface area (Å²) in [7, 11) is 0. The van der Waals surface area contributed by atoms with Gasteiger partial charge in [-0.1, -0.05) is 43.6 Å². The summed E-state index contributed by atoms with van der Waals surface area (Å²) in [6.45, 7) is 6.39. The van der Waals surface area contributed by atoms with E-state index in [1.165, 1.54) is 23.5 Å². The highest BCUT2D eigenvalue weighted by Gasteiger charge is 2.13. The standard InChI is InChI=1S/C14H22ClNS/c1-3-16-11-12(9-10-17-4-2)13-7-5-6-8-14(13)15/h5-8,12,16H,3-4,9-11H2,1-2H3. The SMILES string of the molecule is CCNCC(CCSCC)c1ccccc1Cl. The molecule has 0 bridgehead atoms. The topological polar surface area (TPSA) is 12.0 Å². The van der Waals surface area contributed by atoms with Crippen LogP contribution in [-0.4, -0.2) is 24.6 Å². The Morgan fingerprint density at radius 3 is 2.71 bits per heavy atom. The van der Waals surface area contributed by atoms with Crippen molar-refractivity contribution in [3.05, 3.63) is 34.9 Å². The van der Waals surface area contributed by atoms with Crippen LogP contribution in [0.4, 0.5) is 0 Å². The second-order valence-corrected chi connectivity index (χ2v) is 5.81. The van der Waals surface area contributed by atoms with Crippen LogP contribution in [0.5, 0.6) is 0 Å². The Bertz CT molecular complexity index is 317. The molecular formula is C14H22ClNS. The fourth-order valence-corrected chi connectivity index (χ4v) is 2.89. The first-order valence-electron chi connectivity index (χ1n) is 6.32. The minimum atomic E-state index is 0.530. The van der Waals surface area contributed by atoms with Gasteiger partial charge in [-0.15, -0.1) is 0 Å². The Kier molecular flexibility index (Phi) is 7.74. The summed E-state index contributed by atoms with van der Waals surface area (Å²) >= 11 is 8.28. The number of rotatable bonds is 8. The maximum Gasteiger partial charge on any atom is 0.0441 e. The van der Waals surface area contributed by atoms with Gasteiger partial charge >= 0.3 is 0 Å². The lowest BCUT2D eigenvalue weighted by atomic mass is 9.96. The van der Waals surface area contributed by atoms with Crippen molar-refractivity contribution in [3.8, 4) is 0 Å². The van der Waals surface area contributed by atoms with Crippen LogP contribution in [0.25, 0.3) is 0 Å². The van der Waals surface area contributed by atoms with Crippen molar-refractivity contribution >= 4 is 23.4 Å². The molecule has 0 aliphatic heterocycles. The first kappa shape index (κ1) is 14.9. The van der Waals surface area contributed by atoms with Crippen LogP contribution >= 0.6 is 23.4 Å². The highest BCUT2D eigenvalue weighted by molar-refractivity contribution is 7.99. The number of hydrogen-bond donors (Lipinski definition) is 1. The van der Waals surface area contributed by atoms with Crippen LogP contribution in [0, 0.1) is 0 Å². The minimum absolute atomic E-state index is 0.530. The van der Waals surface area contributed by atoms with Crippen molar-refractivity contribution in [2.45, 2.75) is 26.2 Å². The molecule has 1 rings (SSSR count). The third kappa shape index (κ3) is 5.33. The molecule has 0 aromatic heterocycles. The van der Waals surface area contributed by atoms with Gasteiger partial charge < -0.3 is 5.32 Å². The predicted molar refractivity (Wildman–Crippen MR) is 80.4 cm³/mol. The van der Waals surface area contributed by atoms with Crippen molar-refractivity contribution in [1.29, 1.82) is 0 Å². The molecular weight excluding hydrogens is 250 g/mol. The van der Waals surface area contributed by atoms with Gasteiger partial charge in [0, 0.05) is 11.6 Å². The zero-order chi connectivity index (χ0) is 12.5.